The highest BCUT2D eigenvalue weighted by molar-refractivity contribution is 5.35. The maximum Gasteiger partial charge on any atom is 0.120 e. The molecule has 0 aliphatic carbocycles. The summed E-state index contributed by atoms with van der Waals surface area (Å²) in [6.07, 6.45) is 0.987. The number of nitrogens with two attached hydrogens (primary N) is 1. The van der Waals surface area contributed by atoms with Gasteiger partial charge in [0.1, 0.15) is 5.75 Å². The van der Waals surface area contributed by atoms with Gasteiger partial charge in [0, 0.05) is 18.2 Å². The number of nitrogens with zero attached hydrogens (tertiary/aromatic N) is 1. The zero-order valence-corrected chi connectivity index (χ0v) is 12.0. The Bertz CT molecular complexity index is 377. The lowest BCUT2D eigenvalue weighted by Gasteiger charge is -2.21. The summed E-state index contributed by atoms with van der Waals surface area (Å²) in [5.74, 6) is 0.895. The average Bonchev–Trinajstić information content (AvgIpc) is 2.30. The van der Waals surface area contributed by atoms with Crippen molar-refractivity contribution in [1.82, 2.24) is 4.90 Å². The SMILES string of the molecule is Cc1ccc(O)c(CN(C)CCC(N)C(C)C)c1. The van der Waals surface area contributed by atoms with Crippen LogP contribution in [0.2, 0.25) is 0 Å². The number of aryl methyl sites for hydroxylation is 1. The van der Waals surface area contributed by atoms with Gasteiger partial charge in [0.2, 0.25) is 0 Å². The van der Waals surface area contributed by atoms with E-state index in [1.165, 1.54) is 5.56 Å². The van der Waals surface area contributed by atoms with E-state index in [0.717, 1.165) is 25.1 Å². The Morgan fingerprint density at radius 1 is 1.33 bits per heavy atom. The van der Waals surface area contributed by atoms with Crippen molar-refractivity contribution in [3.63, 3.8) is 0 Å². The average molecular weight is 250 g/mol. The summed E-state index contributed by atoms with van der Waals surface area (Å²) in [7, 11) is 2.06. The zero-order chi connectivity index (χ0) is 13.7. The number of hydrogen-bond acceptors (Lipinski definition) is 3. The fraction of sp³-hybridized carbons (Fsp3) is 0.600. The lowest BCUT2D eigenvalue weighted by atomic mass is 10.0. The number of phenolic OH excluding ortho intramolecular Hbond substituents is 1. The minimum absolute atomic E-state index is 0.249. The first-order valence-corrected chi connectivity index (χ1v) is 6.62. The molecule has 0 saturated heterocycles. The molecule has 0 aliphatic rings. The fourth-order valence-corrected chi connectivity index (χ4v) is 1.91. The number of rotatable bonds is 6. The van der Waals surface area contributed by atoms with E-state index < -0.39 is 0 Å². The Labute approximate surface area is 111 Å². The molecular formula is C15H26N2O. The Hall–Kier alpha value is -1.06. The van der Waals surface area contributed by atoms with E-state index in [2.05, 4.69) is 25.8 Å². The van der Waals surface area contributed by atoms with E-state index in [9.17, 15) is 5.11 Å². The summed E-state index contributed by atoms with van der Waals surface area (Å²) < 4.78 is 0. The van der Waals surface area contributed by atoms with Crippen molar-refractivity contribution in [2.24, 2.45) is 11.7 Å². The molecule has 102 valence electrons. The highest BCUT2D eigenvalue weighted by atomic mass is 16.3. The molecule has 18 heavy (non-hydrogen) atoms. The lowest BCUT2D eigenvalue weighted by Crippen LogP contribution is -2.31. The molecule has 1 rings (SSSR count). The second kappa shape index (κ2) is 6.76. The van der Waals surface area contributed by atoms with E-state index in [0.29, 0.717) is 11.7 Å². The second-order valence-corrected chi connectivity index (χ2v) is 5.57. The summed E-state index contributed by atoms with van der Waals surface area (Å²) >= 11 is 0. The molecule has 0 aromatic heterocycles. The van der Waals surface area contributed by atoms with Gasteiger partial charge < -0.3 is 15.7 Å². The van der Waals surface area contributed by atoms with Gasteiger partial charge in [0.15, 0.2) is 0 Å². The first-order chi connectivity index (χ1) is 8.40. The predicted molar refractivity (Wildman–Crippen MR) is 76.6 cm³/mol. The summed E-state index contributed by atoms with van der Waals surface area (Å²) in [5.41, 5.74) is 8.19. The van der Waals surface area contributed by atoms with Crippen LogP contribution in [0.15, 0.2) is 18.2 Å². The molecular weight excluding hydrogens is 224 g/mol. The van der Waals surface area contributed by atoms with Crippen molar-refractivity contribution in [1.29, 1.82) is 0 Å². The monoisotopic (exact) mass is 250 g/mol. The van der Waals surface area contributed by atoms with Crippen molar-refractivity contribution in [2.45, 2.75) is 39.8 Å². The maximum atomic E-state index is 9.80. The molecule has 1 aromatic rings. The molecule has 3 heteroatoms. The lowest BCUT2D eigenvalue weighted by molar-refractivity contribution is 0.292. The Balaban J connectivity index is 2.49. The van der Waals surface area contributed by atoms with Gasteiger partial charge >= 0.3 is 0 Å². The third-order valence-corrected chi connectivity index (χ3v) is 3.38. The van der Waals surface area contributed by atoms with Crippen LogP contribution in [0.3, 0.4) is 0 Å². The molecule has 0 radical (unpaired) electrons. The zero-order valence-electron chi connectivity index (χ0n) is 12.0. The summed E-state index contributed by atoms with van der Waals surface area (Å²) in [6, 6.07) is 5.97. The maximum absolute atomic E-state index is 9.80. The molecule has 0 fully saturated rings. The van der Waals surface area contributed by atoms with Crippen molar-refractivity contribution >= 4 is 0 Å². The van der Waals surface area contributed by atoms with Crippen LogP contribution in [0.4, 0.5) is 0 Å². The molecule has 0 spiro atoms. The third kappa shape index (κ3) is 4.67. The molecule has 1 unspecified atom stereocenters. The molecule has 0 saturated carbocycles. The van der Waals surface area contributed by atoms with E-state index >= 15 is 0 Å². The van der Waals surface area contributed by atoms with Crippen LogP contribution in [0, 0.1) is 12.8 Å². The molecule has 0 bridgehead atoms. The van der Waals surface area contributed by atoms with Crippen molar-refractivity contribution in [2.75, 3.05) is 13.6 Å². The smallest absolute Gasteiger partial charge is 0.120 e. The van der Waals surface area contributed by atoms with Crippen LogP contribution in [-0.2, 0) is 6.54 Å². The molecule has 3 nitrogen and oxygen atoms in total. The molecule has 0 aliphatic heterocycles. The van der Waals surface area contributed by atoms with Crippen LogP contribution >= 0.6 is 0 Å². The first-order valence-electron chi connectivity index (χ1n) is 6.62. The Morgan fingerprint density at radius 3 is 2.61 bits per heavy atom. The van der Waals surface area contributed by atoms with Gasteiger partial charge in [-0.3, -0.25) is 0 Å². The van der Waals surface area contributed by atoms with E-state index in [4.69, 9.17) is 5.73 Å². The third-order valence-electron chi connectivity index (χ3n) is 3.38. The van der Waals surface area contributed by atoms with Gasteiger partial charge in [-0.2, -0.15) is 0 Å². The van der Waals surface area contributed by atoms with Crippen molar-refractivity contribution < 1.29 is 5.11 Å². The normalized spacial score (nSPS) is 13.3. The first kappa shape index (κ1) is 15.0. The minimum Gasteiger partial charge on any atom is -0.508 e. The standard InChI is InChI=1S/C15H26N2O/c1-11(2)14(16)7-8-17(4)10-13-9-12(3)5-6-15(13)18/h5-6,9,11,14,18H,7-8,10,16H2,1-4H3. The van der Waals surface area contributed by atoms with E-state index in [1.54, 1.807) is 6.07 Å². The molecule has 0 amide bonds. The summed E-state index contributed by atoms with van der Waals surface area (Å²) in [6.45, 7) is 8.05. The van der Waals surface area contributed by atoms with Gasteiger partial charge in [0.05, 0.1) is 0 Å². The Morgan fingerprint density at radius 2 is 2.00 bits per heavy atom. The number of phenols is 1. The van der Waals surface area contributed by atoms with E-state index in [-0.39, 0.29) is 6.04 Å². The van der Waals surface area contributed by atoms with Crippen LogP contribution in [0.5, 0.6) is 5.75 Å². The van der Waals surface area contributed by atoms with Gasteiger partial charge in [-0.15, -0.1) is 0 Å². The van der Waals surface area contributed by atoms with Crippen molar-refractivity contribution in [3.8, 4) is 5.75 Å². The summed E-state index contributed by atoms with van der Waals surface area (Å²) in [5, 5.41) is 9.80. The van der Waals surface area contributed by atoms with Gasteiger partial charge in [0.25, 0.3) is 0 Å². The Kier molecular flexibility index (Phi) is 5.63. The van der Waals surface area contributed by atoms with Gasteiger partial charge in [-0.1, -0.05) is 31.5 Å². The minimum atomic E-state index is 0.249. The topological polar surface area (TPSA) is 49.5 Å². The molecule has 0 heterocycles. The quantitative estimate of drug-likeness (QED) is 0.815. The van der Waals surface area contributed by atoms with Crippen LogP contribution in [-0.4, -0.2) is 29.6 Å². The molecule has 1 aromatic carbocycles. The molecule has 3 N–H and O–H groups in total. The van der Waals surface area contributed by atoms with Crippen LogP contribution in [0.25, 0.3) is 0 Å². The number of aromatic hydroxyl groups is 1. The fourth-order valence-electron chi connectivity index (χ4n) is 1.91. The highest BCUT2D eigenvalue weighted by Gasteiger charge is 2.10. The molecule has 1 atom stereocenters. The van der Waals surface area contributed by atoms with Crippen LogP contribution < -0.4 is 5.73 Å². The predicted octanol–water partition coefficient (Wildman–Crippen LogP) is 2.51. The second-order valence-electron chi connectivity index (χ2n) is 5.57. The van der Waals surface area contributed by atoms with Crippen LogP contribution in [0.1, 0.15) is 31.4 Å². The highest BCUT2D eigenvalue weighted by Crippen LogP contribution is 2.19. The van der Waals surface area contributed by atoms with Gasteiger partial charge in [-0.25, -0.2) is 0 Å². The van der Waals surface area contributed by atoms with E-state index in [1.807, 2.05) is 19.1 Å². The van der Waals surface area contributed by atoms with Gasteiger partial charge in [-0.05, 0) is 38.9 Å². The van der Waals surface area contributed by atoms with Crippen molar-refractivity contribution in [3.05, 3.63) is 29.3 Å². The number of benzene rings is 1. The number of hydrogen-bond donors (Lipinski definition) is 2. The summed E-state index contributed by atoms with van der Waals surface area (Å²) in [4.78, 5) is 2.21. The largest absolute Gasteiger partial charge is 0.508 e.